The van der Waals surface area contributed by atoms with Gasteiger partial charge in [0, 0.05) is 6.42 Å². The largest absolute Gasteiger partial charge is 0.480 e. The van der Waals surface area contributed by atoms with Crippen LogP contribution in [0.2, 0.25) is 0 Å². The van der Waals surface area contributed by atoms with Gasteiger partial charge in [0.1, 0.15) is 5.69 Å². The molecular weight excluding hydrogens is 390 g/mol. The first-order valence-electron chi connectivity index (χ1n) is 8.98. The molecule has 0 spiro atoms. The van der Waals surface area contributed by atoms with Crippen LogP contribution in [0.15, 0.2) is 12.1 Å². The van der Waals surface area contributed by atoms with Crippen molar-refractivity contribution in [3.8, 4) is 5.75 Å². The molecular formula is C17H18F6N4O. The number of hydrogen-bond acceptors (Lipinski definition) is 4. The van der Waals surface area contributed by atoms with Crippen LogP contribution in [0.5, 0.6) is 5.75 Å². The molecule has 0 amide bonds. The molecule has 1 unspecified atom stereocenters. The average Bonchev–Trinajstić information content (AvgIpc) is 3.08. The molecule has 0 radical (unpaired) electrons. The van der Waals surface area contributed by atoms with Crippen molar-refractivity contribution in [3.05, 3.63) is 23.7 Å². The van der Waals surface area contributed by atoms with Gasteiger partial charge in [0.25, 0.3) is 0 Å². The Labute approximate surface area is 156 Å². The van der Waals surface area contributed by atoms with Gasteiger partial charge < -0.3 is 10.1 Å². The van der Waals surface area contributed by atoms with E-state index in [0.29, 0.717) is 28.8 Å². The summed E-state index contributed by atoms with van der Waals surface area (Å²) in [4.78, 5) is 4.12. The molecule has 1 saturated carbocycles. The molecule has 1 aliphatic carbocycles. The van der Waals surface area contributed by atoms with Crippen LogP contribution in [0, 0.1) is 17.8 Å². The van der Waals surface area contributed by atoms with E-state index in [1.807, 2.05) is 0 Å². The lowest BCUT2D eigenvalue weighted by Gasteiger charge is -2.29. The molecule has 2 bridgehead atoms. The molecule has 2 aliphatic rings. The van der Waals surface area contributed by atoms with Crippen LogP contribution in [0.25, 0.3) is 5.65 Å². The average molecular weight is 408 g/mol. The smallest absolute Gasteiger partial charge is 0.433 e. The zero-order valence-electron chi connectivity index (χ0n) is 14.6. The molecule has 4 rings (SSSR count). The Balaban J connectivity index is 1.68. The second-order valence-corrected chi connectivity index (χ2v) is 7.37. The molecule has 5 nitrogen and oxygen atoms in total. The van der Waals surface area contributed by atoms with Crippen molar-refractivity contribution in [2.45, 2.75) is 31.6 Å². The Bertz CT molecular complexity index is 846. The molecule has 1 N–H and O–H groups in total. The number of piperidine rings is 1. The van der Waals surface area contributed by atoms with Crippen molar-refractivity contribution in [2.24, 2.45) is 17.8 Å². The summed E-state index contributed by atoms with van der Waals surface area (Å²) < 4.78 is 82.5. The molecule has 0 aromatic carbocycles. The molecule has 2 aromatic rings. The minimum atomic E-state index is -4.72. The van der Waals surface area contributed by atoms with Crippen LogP contribution in [0.4, 0.5) is 26.3 Å². The first-order valence-corrected chi connectivity index (χ1v) is 8.98. The van der Waals surface area contributed by atoms with Crippen molar-refractivity contribution >= 4 is 5.65 Å². The van der Waals surface area contributed by atoms with E-state index < -0.39 is 24.7 Å². The predicted molar refractivity (Wildman–Crippen MR) is 85.8 cm³/mol. The first-order chi connectivity index (χ1) is 13.1. The van der Waals surface area contributed by atoms with Gasteiger partial charge in [-0.1, -0.05) is 0 Å². The topological polar surface area (TPSA) is 51.5 Å². The number of aromatic nitrogens is 3. The van der Waals surface area contributed by atoms with Crippen molar-refractivity contribution in [1.82, 2.24) is 19.9 Å². The summed E-state index contributed by atoms with van der Waals surface area (Å²) in [6, 6.07) is 1.52. The van der Waals surface area contributed by atoms with Crippen LogP contribution in [0.3, 0.4) is 0 Å². The highest BCUT2D eigenvalue weighted by molar-refractivity contribution is 5.54. The summed E-state index contributed by atoms with van der Waals surface area (Å²) >= 11 is 0. The lowest BCUT2D eigenvalue weighted by atomic mass is 9.83. The number of alkyl halides is 6. The second-order valence-electron chi connectivity index (χ2n) is 7.37. The van der Waals surface area contributed by atoms with Gasteiger partial charge in [0.2, 0.25) is 0 Å². The van der Waals surface area contributed by atoms with Crippen LogP contribution >= 0.6 is 0 Å². The third-order valence-electron chi connectivity index (χ3n) is 5.52. The van der Waals surface area contributed by atoms with E-state index >= 15 is 0 Å². The van der Waals surface area contributed by atoms with Gasteiger partial charge in [-0.05, 0) is 55.8 Å². The van der Waals surface area contributed by atoms with E-state index in [9.17, 15) is 26.3 Å². The fourth-order valence-corrected chi connectivity index (χ4v) is 4.30. The number of ether oxygens (including phenoxy) is 1. The molecule has 1 aliphatic heterocycles. The third kappa shape index (κ3) is 3.76. The number of rotatable bonds is 4. The lowest BCUT2D eigenvalue weighted by molar-refractivity contribution is -0.153. The molecule has 2 fully saturated rings. The maximum Gasteiger partial charge on any atom is 0.433 e. The monoisotopic (exact) mass is 408 g/mol. The van der Waals surface area contributed by atoms with Crippen molar-refractivity contribution < 1.29 is 31.1 Å². The lowest BCUT2D eigenvalue weighted by Crippen LogP contribution is -2.39. The summed E-state index contributed by atoms with van der Waals surface area (Å²) in [5.41, 5.74) is -1.45. The Morgan fingerprint density at radius 3 is 2.36 bits per heavy atom. The van der Waals surface area contributed by atoms with Crippen molar-refractivity contribution in [1.29, 1.82) is 0 Å². The number of fused-ring (bicyclic) bond motifs is 3. The van der Waals surface area contributed by atoms with Crippen LogP contribution in [0.1, 0.15) is 24.4 Å². The van der Waals surface area contributed by atoms with Crippen LogP contribution < -0.4 is 10.1 Å². The standard InChI is InChI=1S/C17H18F6N4O/c18-16(19,20)8-28-12-3-4-13(17(21,22)23)27-15(12)25-14(26-27)5-11-9-1-2-10(11)7-24-6-9/h3-4,9-11,24H,1-2,5-8H2/t9-,10+,11?. The number of pyridine rings is 1. The minimum Gasteiger partial charge on any atom is -0.480 e. The highest BCUT2D eigenvalue weighted by atomic mass is 19.4. The maximum absolute atomic E-state index is 13.3. The molecule has 28 heavy (non-hydrogen) atoms. The Morgan fingerprint density at radius 2 is 1.75 bits per heavy atom. The van der Waals surface area contributed by atoms with Gasteiger partial charge in [-0.3, -0.25) is 0 Å². The highest BCUT2D eigenvalue weighted by Crippen LogP contribution is 2.41. The normalized spacial score (nSPS) is 25.4. The quantitative estimate of drug-likeness (QED) is 0.788. The molecule has 2 aromatic heterocycles. The van der Waals surface area contributed by atoms with Gasteiger partial charge in [-0.15, -0.1) is 0 Å². The van der Waals surface area contributed by atoms with E-state index in [0.717, 1.165) is 32.0 Å². The fourth-order valence-electron chi connectivity index (χ4n) is 4.30. The summed E-state index contributed by atoms with van der Waals surface area (Å²) in [5, 5.41) is 7.32. The van der Waals surface area contributed by atoms with E-state index in [-0.39, 0.29) is 23.1 Å². The number of hydrogen-bond donors (Lipinski definition) is 1. The second kappa shape index (κ2) is 6.78. The Hall–Kier alpha value is -2.04. The van der Waals surface area contributed by atoms with Gasteiger partial charge in [-0.25, -0.2) is 9.50 Å². The van der Waals surface area contributed by atoms with E-state index in [2.05, 4.69) is 20.1 Å². The zero-order chi connectivity index (χ0) is 20.1. The minimum absolute atomic E-state index is 0.192. The SMILES string of the molecule is FC(F)(F)COc1ccc(C(F)(F)F)n2nc(CC3[C@@H]4CC[C@H]3CNC4)nc12. The summed E-state index contributed by atoms with van der Waals surface area (Å²) in [6.45, 7) is 0.0826. The molecule has 11 heteroatoms. The van der Waals surface area contributed by atoms with Gasteiger partial charge in [-0.2, -0.15) is 31.4 Å². The van der Waals surface area contributed by atoms with E-state index in [1.165, 1.54) is 0 Å². The Morgan fingerprint density at radius 1 is 1.07 bits per heavy atom. The van der Waals surface area contributed by atoms with Gasteiger partial charge in [0.15, 0.2) is 23.8 Å². The van der Waals surface area contributed by atoms with Gasteiger partial charge >= 0.3 is 12.4 Å². The molecule has 3 heterocycles. The molecule has 3 atom stereocenters. The molecule has 154 valence electrons. The third-order valence-corrected chi connectivity index (χ3v) is 5.52. The highest BCUT2D eigenvalue weighted by Gasteiger charge is 2.40. The summed E-state index contributed by atoms with van der Waals surface area (Å²) in [7, 11) is 0. The van der Waals surface area contributed by atoms with Gasteiger partial charge in [0.05, 0.1) is 0 Å². The Kier molecular flexibility index (Phi) is 4.67. The maximum atomic E-state index is 13.3. The van der Waals surface area contributed by atoms with Crippen molar-refractivity contribution in [2.75, 3.05) is 19.7 Å². The van der Waals surface area contributed by atoms with Crippen LogP contribution in [-0.2, 0) is 12.6 Å². The van der Waals surface area contributed by atoms with Crippen LogP contribution in [-0.4, -0.2) is 40.5 Å². The molecule has 1 saturated heterocycles. The summed E-state index contributed by atoms with van der Waals surface area (Å²) in [6.07, 6.45) is -6.85. The van der Waals surface area contributed by atoms with E-state index in [1.54, 1.807) is 0 Å². The van der Waals surface area contributed by atoms with E-state index in [4.69, 9.17) is 0 Å². The zero-order valence-corrected chi connectivity index (χ0v) is 14.6. The number of halogens is 6. The number of nitrogens with one attached hydrogen (secondary N) is 1. The predicted octanol–water partition coefficient (Wildman–Crippen LogP) is 3.48. The fraction of sp³-hybridized carbons (Fsp3) is 0.647. The van der Waals surface area contributed by atoms with Crippen molar-refractivity contribution in [3.63, 3.8) is 0 Å². The number of nitrogens with zero attached hydrogens (tertiary/aromatic N) is 3. The summed E-state index contributed by atoms with van der Waals surface area (Å²) in [5.74, 6) is 0.893. The first kappa shape index (κ1) is 19.3.